The number of aromatic nitrogens is 2. The second-order valence-electron chi connectivity index (χ2n) is 5.37. The molecule has 0 bridgehead atoms. The number of rotatable bonds is 2. The third-order valence-electron chi connectivity index (χ3n) is 3.50. The summed E-state index contributed by atoms with van der Waals surface area (Å²) in [5, 5.41) is 0. The molecule has 0 saturated heterocycles. The Kier molecular flexibility index (Phi) is 3.56. The van der Waals surface area contributed by atoms with Crippen LogP contribution in [0.1, 0.15) is 42.1 Å². The summed E-state index contributed by atoms with van der Waals surface area (Å²) < 4.78 is 0. The second kappa shape index (κ2) is 5.00. The summed E-state index contributed by atoms with van der Waals surface area (Å²) in [6, 6.07) is 6.10. The van der Waals surface area contributed by atoms with Gasteiger partial charge < -0.3 is 4.98 Å². The second-order valence-corrected chi connectivity index (χ2v) is 5.37. The minimum Gasteiger partial charge on any atom is -0.306 e. The van der Waals surface area contributed by atoms with Gasteiger partial charge >= 0.3 is 0 Å². The molecule has 1 heterocycles. The van der Waals surface area contributed by atoms with Gasteiger partial charge in [0.15, 0.2) is 0 Å². The van der Waals surface area contributed by atoms with Gasteiger partial charge in [-0.1, -0.05) is 26.0 Å². The molecule has 0 saturated carbocycles. The van der Waals surface area contributed by atoms with Crippen molar-refractivity contribution in [2.24, 2.45) is 0 Å². The van der Waals surface area contributed by atoms with Crippen molar-refractivity contribution in [1.82, 2.24) is 9.97 Å². The van der Waals surface area contributed by atoms with Gasteiger partial charge in [0, 0.05) is 16.8 Å². The third kappa shape index (κ3) is 2.60. The molecular weight excluding hydrogens is 236 g/mol. The smallest absolute Gasteiger partial charge is 0.254 e. The fourth-order valence-electron chi connectivity index (χ4n) is 2.30. The average Bonchev–Trinajstić information content (AvgIpc) is 2.31. The van der Waals surface area contributed by atoms with Crippen molar-refractivity contribution in [3.8, 4) is 11.4 Å². The molecule has 3 heteroatoms. The van der Waals surface area contributed by atoms with E-state index in [0.717, 1.165) is 16.8 Å². The Morgan fingerprint density at radius 3 is 2.32 bits per heavy atom. The molecule has 1 aromatic carbocycles. The first-order chi connectivity index (χ1) is 8.90. The molecule has 0 aliphatic carbocycles. The van der Waals surface area contributed by atoms with Crippen LogP contribution >= 0.6 is 0 Å². The number of benzene rings is 1. The van der Waals surface area contributed by atoms with Crippen LogP contribution in [0.3, 0.4) is 0 Å². The standard InChI is InChI=1S/C16H20N2O/c1-9(2)14-12(5)17-15(18-16(14)19)13-7-6-10(3)11(4)8-13/h6-9H,1-5H3,(H,17,18,19). The molecule has 0 spiro atoms. The minimum absolute atomic E-state index is 0.0317. The van der Waals surface area contributed by atoms with Crippen LogP contribution in [-0.4, -0.2) is 9.97 Å². The van der Waals surface area contributed by atoms with Crippen molar-refractivity contribution in [2.75, 3.05) is 0 Å². The quantitative estimate of drug-likeness (QED) is 0.894. The monoisotopic (exact) mass is 256 g/mol. The molecule has 0 aliphatic heterocycles. The molecule has 0 aliphatic rings. The molecule has 3 nitrogen and oxygen atoms in total. The molecule has 0 atom stereocenters. The number of H-pyrrole nitrogens is 1. The first-order valence-corrected chi connectivity index (χ1v) is 6.58. The van der Waals surface area contributed by atoms with E-state index >= 15 is 0 Å². The summed E-state index contributed by atoms with van der Waals surface area (Å²) in [4.78, 5) is 19.6. The number of hydrogen-bond acceptors (Lipinski definition) is 2. The zero-order chi connectivity index (χ0) is 14.2. The van der Waals surface area contributed by atoms with Crippen molar-refractivity contribution in [2.45, 2.75) is 40.5 Å². The summed E-state index contributed by atoms with van der Waals surface area (Å²) in [7, 11) is 0. The number of nitrogens with one attached hydrogen (secondary N) is 1. The number of aromatic amines is 1. The molecule has 19 heavy (non-hydrogen) atoms. The average molecular weight is 256 g/mol. The van der Waals surface area contributed by atoms with Crippen molar-refractivity contribution in [1.29, 1.82) is 0 Å². The molecule has 0 unspecified atom stereocenters. The van der Waals surface area contributed by atoms with Crippen LogP contribution in [0.15, 0.2) is 23.0 Å². The molecule has 2 rings (SSSR count). The van der Waals surface area contributed by atoms with Gasteiger partial charge in [-0.25, -0.2) is 4.98 Å². The maximum atomic E-state index is 12.1. The lowest BCUT2D eigenvalue weighted by molar-refractivity contribution is 0.815. The summed E-state index contributed by atoms with van der Waals surface area (Å²) in [5.41, 5.74) is 4.95. The van der Waals surface area contributed by atoms with E-state index in [0.29, 0.717) is 5.82 Å². The fraction of sp³-hybridized carbons (Fsp3) is 0.375. The number of aryl methyl sites for hydroxylation is 3. The van der Waals surface area contributed by atoms with Gasteiger partial charge in [-0.05, 0) is 43.9 Å². The van der Waals surface area contributed by atoms with Crippen LogP contribution in [0.2, 0.25) is 0 Å². The Labute approximate surface area is 113 Å². The Bertz CT molecular complexity index is 669. The van der Waals surface area contributed by atoms with E-state index in [9.17, 15) is 4.79 Å². The lowest BCUT2D eigenvalue weighted by Crippen LogP contribution is -2.18. The van der Waals surface area contributed by atoms with E-state index in [1.807, 2.05) is 26.8 Å². The highest BCUT2D eigenvalue weighted by Gasteiger charge is 2.12. The molecule has 1 N–H and O–H groups in total. The predicted octanol–water partition coefficient (Wildman–Crippen LogP) is 3.49. The summed E-state index contributed by atoms with van der Waals surface area (Å²) in [6.45, 7) is 10.0. The molecule has 1 aromatic heterocycles. The van der Waals surface area contributed by atoms with Gasteiger partial charge in [0.2, 0.25) is 0 Å². The van der Waals surface area contributed by atoms with Gasteiger partial charge in [-0.3, -0.25) is 4.79 Å². The topological polar surface area (TPSA) is 45.8 Å². The lowest BCUT2D eigenvalue weighted by Gasteiger charge is -2.10. The van der Waals surface area contributed by atoms with E-state index in [1.165, 1.54) is 11.1 Å². The Morgan fingerprint density at radius 2 is 1.79 bits per heavy atom. The zero-order valence-electron chi connectivity index (χ0n) is 12.2. The Morgan fingerprint density at radius 1 is 1.11 bits per heavy atom. The highest BCUT2D eigenvalue weighted by atomic mass is 16.1. The highest BCUT2D eigenvalue weighted by Crippen LogP contribution is 2.20. The third-order valence-corrected chi connectivity index (χ3v) is 3.50. The summed E-state index contributed by atoms with van der Waals surface area (Å²) in [5.74, 6) is 0.833. The first-order valence-electron chi connectivity index (χ1n) is 6.58. The lowest BCUT2D eigenvalue weighted by atomic mass is 10.0. The fourth-order valence-corrected chi connectivity index (χ4v) is 2.30. The van der Waals surface area contributed by atoms with E-state index in [-0.39, 0.29) is 11.5 Å². The van der Waals surface area contributed by atoms with Crippen LogP contribution in [0, 0.1) is 20.8 Å². The van der Waals surface area contributed by atoms with Crippen LogP contribution < -0.4 is 5.56 Å². The maximum absolute atomic E-state index is 12.1. The van der Waals surface area contributed by atoms with Crippen molar-refractivity contribution < 1.29 is 0 Å². The summed E-state index contributed by atoms with van der Waals surface area (Å²) >= 11 is 0. The van der Waals surface area contributed by atoms with E-state index in [1.54, 1.807) is 0 Å². The summed E-state index contributed by atoms with van der Waals surface area (Å²) in [6.07, 6.45) is 0. The molecule has 0 radical (unpaired) electrons. The maximum Gasteiger partial charge on any atom is 0.254 e. The molecule has 0 amide bonds. The Balaban J connectivity index is 2.58. The number of nitrogens with zero attached hydrogens (tertiary/aromatic N) is 1. The normalized spacial score (nSPS) is 11.1. The Hall–Kier alpha value is -1.90. The van der Waals surface area contributed by atoms with Gasteiger partial charge in [-0.15, -0.1) is 0 Å². The van der Waals surface area contributed by atoms with Gasteiger partial charge in [0.05, 0.1) is 0 Å². The highest BCUT2D eigenvalue weighted by molar-refractivity contribution is 5.57. The largest absolute Gasteiger partial charge is 0.306 e. The van der Waals surface area contributed by atoms with Crippen LogP contribution in [0.25, 0.3) is 11.4 Å². The van der Waals surface area contributed by atoms with Crippen LogP contribution in [0.4, 0.5) is 0 Å². The zero-order valence-corrected chi connectivity index (χ0v) is 12.2. The predicted molar refractivity (Wildman–Crippen MR) is 78.6 cm³/mol. The van der Waals surface area contributed by atoms with E-state index < -0.39 is 0 Å². The van der Waals surface area contributed by atoms with Gasteiger partial charge in [0.25, 0.3) is 5.56 Å². The molecular formula is C16H20N2O. The molecule has 0 fully saturated rings. The van der Waals surface area contributed by atoms with Crippen LogP contribution in [0.5, 0.6) is 0 Å². The van der Waals surface area contributed by atoms with Gasteiger partial charge in [-0.2, -0.15) is 0 Å². The van der Waals surface area contributed by atoms with Crippen molar-refractivity contribution in [3.63, 3.8) is 0 Å². The van der Waals surface area contributed by atoms with Gasteiger partial charge in [0.1, 0.15) is 5.82 Å². The molecule has 100 valence electrons. The van der Waals surface area contributed by atoms with E-state index in [4.69, 9.17) is 0 Å². The van der Waals surface area contributed by atoms with Crippen molar-refractivity contribution >= 4 is 0 Å². The van der Waals surface area contributed by atoms with Crippen LogP contribution in [-0.2, 0) is 0 Å². The first kappa shape index (κ1) is 13.5. The van der Waals surface area contributed by atoms with Crippen molar-refractivity contribution in [3.05, 3.63) is 50.9 Å². The minimum atomic E-state index is -0.0317. The SMILES string of the molecule is Cc1ccc(-c2nc(C)c(C(C)C)c(=O)[nH]2)cc1C. The van der Waals surface area contributed by atoms with E-state index in [2.05, 4.69) is 35.9 Å². The molecule has 2 aromatic rings. The number of hydrogen-bond donors (Lipinski definition) is 1.